The van der Waals surface area contributed by atoms with Gasteiger partial charge >= 0.3 is 5.97 Å². The Kier molecular flexibility index (Phi) is 6.88. The lowest BCUT2D eigenvalue weighted by Crippen LogP contribution is -2.46. The predicted octanol–water partition coefficient (Wildman–Crippen LogP) is 3.54. The van der Waals surface area contributed by atoms with Crippen molar-refractivity contribution in [3.8, 4) is 11.8 Å². The fraction of sp³-hybridized carbons (Fsp3) is 0.227. The Labute approximate surface area is 174 Å². The van der Waals surface area contributed by atoms with E-state index in [0.29, 0.717) is 16.9 Å². The molecule has 0 radical (unpaired) electrons. The van der Waals surface area contributed by atoms with Crippen LogP contribution in [0.5, 0.6) is 5.75 Å². The topological polar surface area (TPSA) is 90.4 Å². The quantitative estimate of drug-likeness (QED) is 0.242. The third kappa shape index (κ3) is 5.28. The minimum atomic E-state index is -0.467. The molecule has 0 aliphatic carbocycles. The van der Waals surface area contributed by atoms with Gasteiger partial charge in [-0.15, -0.1) is 4.91 Å². The molecule has 0 atom stereocenters. The van der Waals surface area contributed by atoms with Crippen molar-refractivity contribution in [2.45, 2.75) is 0 Å². The molecule has 8 heteroatoms. The van der Waals surface area contributed by atoms with Gasteiger partial charge in [-0.1, -0.05) is 17.3 Å². The van der Waals surface area contributed by atoms with E-state index in [9.17, 15) is 9.70 Å². The smallest absolute Gasteiger partial charge is 0.343 e. The zero-order chi connectivity index (χ0) is 21.3. The van der Waals surface area contributed by atoms with Gasteiger partial charge in [0.1, 0.15) is 12.4 Å². The van der Waals surface area contributed by atoms with Crippen LogP contribution in [-0.4, -0.2) is 43.7 Å². The maximum Gasteiger partial charge on any atom is 0.343 e. The number of carbonyl (C=O) groups excluding carboxylic acids is 1. The molecule has 8 nitrogen and oxygen atoms in total. The lowest BCUT2D eigenvalue weighted by Gasteiger charge is -2.34. The summed E-state index contributed by atoms with van der Waals surface area (Å²) in [5, 5.41) is 11.7. The predicted molar refractivity (Wildman–Crippen MR) is 112 cm³/mol. The molecule has 1 saturated heterocycles. The number of benzene rings is 2. The number of nitriles is 1. The van der Waals surface area contributed by atoms with Crippen LogP contribution in [0.25, 0.3) is 10.9 Å². The highest BCUT2D eigenvalue weighted by molar-refractivity contribution is 5.91. The van der Waals surface area contributed by atoms with Crippen LogP contribution in [0.3, 0.4) is 0 Å². The normalized spacial score (nSPS) is 14.5. The molecule has 1 aliphatic heterocycles. The van der Waals surface area contributed by atoms with Crippen molar-refractivity contribution >= 4 is 17.7 Å². The minimum Gasteiger partial charge on any atom is -0.423 e. The van der Waals surface area contributed by atoms with Crippen LogP contribution in [0.15, 0.2) is 59.4 Å². The van der Waals surface area contributed by atoms with Crippen LogP contribution in [0.4, 0.5) is 5.69 Å². The molecule has 30 heavy (non-hydrogen) atoms. The molecule has 0 aromatic heterocycles. The molecule has 1 aliphatic rings. The van der Waals surface area contributed by atoms with E-state index in [1.807, 2.05) is 17.0 Å². The number of piperazine rings is 1. The van der Waals surface area contributed by atoms with Crippen molar-refractivity contribution in [2.75, 3.05) is 37.7 Å². The summed E-state index contributed by atoms with van der Waals surface area (Å²) in [5.74, 6) is -0.0898. The first kappa shape index (κ1) is 20.7. The lowest BCUT2D eigenvalue weighted by molar-refractivity contribution is 0.0735. The largest absolute Gasteiger partial charge is 0.423 e. The number of hydrogen-bond acceptors (Lipinski definition) is 7. The van der Waals surface area contributed by atoms with Gasteiger partial charge in [-0.25, -0.2) is 14.9 Å². The molecule has 150 valence electrons. The number of nitroso groups, excluding NO2 is 1. The lowest BCUT2D eigenvalue weighted by atomic mass is 10.1. The maximum atomic E-state index is 12.4. The number of nitrogens with zero attached hydrogens (tertiary/aromatic N) is 5. The fourth-order valence-corrected chi connectivity index (χ4v) is 3.08. The number of carbonyl (C=O) groups is 1. The van der Waals surface area contributed by atoms with Crippen molar-refractivity contribution in [1.82, 2.24) is 4.90 Å². The van der Waals surface area contributed by atoms with Crippen LogP contribution in [-0.2, 0) is 0 Å². The summed E-state index contributed by atoms with van der Waals surface area (Å²) in [6, 6.07) is 15.6. The highest BCUT2D eigenvalue weighted by Crippen LogP contribution is 2.20. The molecule has 0 N–H and O–H groups in total. The second kappa shape index (κ2) is 9.97. The summed E-state index contributed by atoms with van der Waals surface area (Å²) in [5.41, 5.74) is 2.11. The number of hydrogen-bond donors (Lipinski definition) is 0. The highest BCUT2D eigenvalue weighted by atomic mass is 16.5. The molecule has 0 spiro atoms. The third-order valence-corrected chi connectivity index (χ3v) is 4.73. The van der Waals surface area contributed by atoms with Crippen molar-refractivity contribution in [3.05, 3.63) is 81.7 Å². The van der Waals surface area contributed by atoms with E-state index in [1.54, 1.807) is 42.5 Å². The van der Waals surface area contributed by atoms with Crippen LogP contribution in [0.2, 0.25) is 0 Å². The first-order chi connectivity index (χ1) is 14.6. The van der Waals surface area contributed by atoms with Crippen molar-refractivity contribution < 1.29 is 9.53 Å². The molecule has 1 heterocycles. The van der Waals surface area contributed by atoms with E-state index < -0.39 is 5.97 Å². The Morgan fingerprint density at radius 1 is 1.13 bits per heavy atom. The van der Waals surface area contributed by atoms with Crippen molar-refractivity contribution in [2.24, 2.45) is 5.18 Å². The Bertz CT molecular complexity index is 993. The van der Waals surface area contributed by atoms with E-state index in [-0.39, 0.29) is 12.4 Å². The van der Waals surface area contributed by atoms with Gasteiger partial charge in [0.2, 0.25) is 0 Å². The van der Waals surface area contributed by atoms with Gasteiger partial charge < -0.3 is 9.64 Å². The molecule has 0 amide bonds. The molecular weight excluding hydrogens is 382 g/mol. The van der Waals surface area contributed by atoms with E-state index in [4.69, 9.17) is 16.6 Å². The van der Waals surface area contributed by atoms with E-state index in [0.717, 1.165) is 31.9 Å². The second-order valence-corrected chi connectivity index (χ2v) is 6.63. The Morgan fingerprint density at radius 2 is 1.80 bits per heavy atom. The van der Waals surface area contributed by atoms with Crippen LogP contribution in [0, 0.1) is 22.8 Å². The van der Waals surface area contributed by atoms with Crippen LogP contribution >= 0.6 is 0 Å². The average Bonchev–Trinajstić information content (AvgIpc) is 2.79. The number of ether oxygens (including phenoxy) is 1. The average molecular weight is 401 g/mol. The molecule has 3 rings (SSSR count). The Balaban J connectivity index is 1.59. The molecule has 0 unspecified atom stereocenters. The number of rotatable bonds is 6. The summed E-state index contributed by atoms with van der Waals surface area (Å²) >= 11 is 0. The number of allylic oxidation sites excluding steroid dienone is 1. The standard InChI is InChI=1S/C22H19N5O3/c1-24-19(15-23)14-17-2-8-21(9-3-17)30-22(28)18-4-6-20(7-5-18)27-12-10-26(11-13-27)16-25-29/h2-9,14H,10-13,16H2/b19-14-. The number of anilines is 1. The van der Waals surface area contributed by atoms with Crippen LogP contribution in [0.1, 0.15) is 15.9 Å². The summed E-state index contributed by atoms with van der Waals surface area (Å²) in [4.78, 5) is 30.1. The van der Waals surface area contributed by atoms with Gasteiger partial charge in [-0.05, 0) is 48.0 Å². The monoisotopic (exact) mass is 401 g/mol. The third-order valence-electron chi connectivity index (χ3n) is 4.73. The van der Waals surface area contributed by atoms with Gasteiger partial charge in [0.25, 0.3) is 5.70 Å². The summed E-state index contributed by atoms with van der Waals surface area (Å²) in [6.45, 7) is 10.2. The highest BCUT2D eigenvalue weighted by Gasteiger charge is 2.17. The fourth-order valence-electron chi connectivity index (χ4n) is 3.08. The van der Waals surface area contributed by atoms with Gasteiger partial charge in [0, 0.05) is 31.9 Å². The van der Waals surface area contributed by atoms with E-state index >= 15 is 0 Å². The number of esters is 1. The Hall–Kier alpha value is -4.01. The summed E-state index contributed by atoms with van der Waals surface area (Å²) in [6.07, 6.45) is 1.46. The minimum absolute atomic E-state index is 0.0124. The van der Waals surface area contributed by atoms with Crippen molar-refractivity contribution in [3.63, 3.8) is 0 Å². The first-order valence-corrected chi connectivity index (χ1v) is 9.31. The van der Waals surface area contributed by atoms with Gasteiger partial charge in [0.15, 0.2) is 0 Å². The zero-order valence-corrected chi connectivity index (χ0v) is 16.2. The second-order valence-electron chi connectivity index (χ2n) is 6.63. The molecule has 0 bridgehead atoms. The van der Waals surface area contributed by atoms with Crippen LogP contribution < -0.4 is 9.64 Å². The van der Waals surface area contributed by atoms with Gasteiger partial charge in [-0.2, -0.15) is 0 Å². The van der Waals surface area contributed by atoms with Gasteiger partial charge in [-0.3, -0.25) is 4.90 Å². The van der Waals surface area contributed by atoms with Gasteiger partial charge in [0.05, 0.1) is 18.2 Å². The summed E-state index contributed by atoms with van der Waals surface area (Å²) in [7, 11) is 0. The molecule has 2 aromatic carbocycles. The van der Waals surface area contributed by atoms with E-state index in [1.165, 1.54) is 6.08 Å². The molecule has 2 aromatic rings. The van der Waals surface area contributed by atoms with E-state index in [2.05, 4.69) is 14.9 Å². The Morgan fingerprint density at radius 3 is 2.37 bits per heavy atom. The maximum absolute atomic E-state index is 12.4. The van der Waals surface area contributed by atoms with Crippen molar-refractivity contribution in [1.29, 1.82) is 5.26 Å². The molecular formula is C22H19N5O3. The SMILES string of the molecule is [C-]#[N+]/C(C#N)=C\c1ccc(OC(=O)c2ccc(N3CCN(CN=O)CC3)cc2)cc1. The molecule has 0 saturated carbocycles. The summed E-state index contributed by atoms with van der Waals surface area (Å²) < 4.78 is 5.39. The zero-order valence-electron chi connectivity index (χ0n) is 16.2. The molecule has 1 fully saturated rings. The first-order valence-electron chi connectivity index (χ1n) is 9.31.